The largest absolute Gasteiger partial charge is 0.368 e. The molecule has 4 heteroatoms. The van der Waals surface area contributed by atoms with E-state index < -0.39 is 0 Å². The molecule has 1 atom stereocenters. The Morgan fingerprint density at radius 3 is 2.40 bits per heavy atom. The van der Waals surface area contributed by atoms with Gasteiger partial charge in [-0.05, 0) is 42.4 Å². The van der Waals surface area contributed by atoms with Crippen molar-refractivity contribution in [2.24, 2.45) is 0 Å². The molecule has 0 radical (unpaired) electrons. The van der Waals surface area contributed by atoms with Gasteiger partial charge in [-0.3, -0.25) is 0 Å². The van der Waals surface area contributed by atoms with Gasteiger partial charge in [-0.15, -0.1) is 0 Å². The molecule has 2 aromatic rings. The van der Waals surface area contributed by atoms with Crippen molar-refractivity contribution in [3.05, 3.63) is 68.6 Å². The zero-order chi connectivity index (χ0) is 14.4. The van der Waals surface area contributed by atoms with Gasteiger partial charge in [0.25, 0.3) is 0 Å². The number of nitrogens with one attached hydrogen (secondary N) is 1. The molecule has 0 bridgehead atoms. The Labute approximate surface area is 136 Å². The van der Waals surface area contributed by atoms with E-state index in [9.17, 15) is 0 Å². The number of benzene rings is 2. The molecule has 0 spiro atoms. The molecule has 2 rings (SSSR count). The van der Waals surface area contributed by atoms with Gasteiger partial charge in [0.2, 0.25) is 0 Å². The monoisotopic (exact) mass is 397 g/mol. The summed E-state index contributed by atoms with van der Waals surface area (Å²) in [6.07, 6.45) is 0.0384. The fraction of sp³-hybridized carbons (Fsp3) is 0.250. The summed E-state index contributed by atoms with van der Waals surface area (Å²) in [5.74, 6) is 0. The third kappa shape index (κ3) is 4.70. The Hall–Kier alpha value is -0.680. The second kappa shape index (κ2) is 7.93. The topological polar surface area (TPSA) is 21.3 Å². The van der Waals surface area contributed by atoms with E-state index in [0.29, 0.717) is 6.61 Å². The average molecular weight is 399 g/mol. The normalized spacial score (nSPS) is 12.3. The van der Waals surface area contributed by atoms with Crippen LogP contribution in [-0.4, -0.2) is 13.6 Å². The van der Waals surface area contributed by atoms with Gasteiger partial charge in [-0.2, -0.15) is 0 Å². The van der Waals surface area contributed by atoms with Crippen LogP contribution in [0.5, 0.6) is 0 Å². The van der Waals surface area contributed by atoms with Crippen molar-refractivity contribution in [2.75, 3.05) is 13.6 Å². The van der Waals surface area contributed by atoms with E-state index in [1.165, 1.54) is 5.56 Å². The van der Waals surface area contributed by atoms with E-state index in [2.05, 4.69) is 61.4 Å². The highest BCUT2D eigenvalue weighted by Gasteiger charge is 2.11. The van der Waals surface area contributed by atoms with Crippen LogP contribution < -0.4 is 5.32 Å². The van der Waals surface area contributed by atoms with E-state index in [1.807, 2.05) is 31.3 Å². The molecule has 1 unspecified atom stereocenters. The molecule has 0 aliphatic carbocycles. The van der Waals surface area contributed by atoms with Crippen molar-refractivity contribution >= 4 is 31.9 Å². The van der Waals surface area contributed by atoms with Gasteiger partial charge in [0, 0.05) is 15.5 Å². The number of halogens is 2. The highest BCUT2D eigenvalue weighted by molar-refractivity contribution is 9.10. The molecule has 0 aliphatic heterocycles. The summed E-state index contributed by atoms with van der Waals surface area (Å²) in [7, 11) is 1.94. The van der Waals surface area contributed by atoms with Gasteiger partial charge < -0.3 is 10.1 Å². The van der Waals surface area contributed by atoms with Crippen LogP contribution in [0.3, 0.4) is 0 Å². The lowest BCUT2D eigenvalue weighted by atomic mass is 10.1. The molecule has 0 fully saturated rings. The molecular formula is C16H17Br2NO. The summed E-state index contributed by atoms with van der Waals surface area (Å²) in [6.45, 7) is 1.38. The van der Waals surface area contributed by atoms with Crippen LogP contribution in [-0.2, 0) is 11.3 Å². The van der Waals surface area contributed by atoms with E-state index in [-0.39, 0.29) is 6.10 Å². The Kier molecular flexibility index (Phi) is 6.23. The Morgan fingerprint density at radius 1 is 1.05 bits per heavy atom. The standard InChI is InChI=1S/C16H17Br2NO/c1-19-10-16(13-5-3-7-15(18)9-13)20-11-12-4-2-6-14(17)8-12/h2-9,16,19H,10-11H2,1H3. The molecule has 1 N–H and O–H groups in total. The zero-order valence-electron chi connectivity index (χ0n) is 11.3. The fourth-order valence-corrected chi connectivity index (χ4v) is 2.85. The smallest absolute Gasteiger partial charge is 0.0954 e. The summed E-state index contributed by atoms with van der Waals surface area (Å²) in [5, 5.41) is 3.18. The summed E-state index contributed by atoms with van der Waals surface area (Å²) in [6, 6.07) is 16.4. The molecule has 0 amide bonds. The van der Waals surface area contributed by atoms with Gasteiger partial charge in [0.1, 0.15) is 0 Å². The van der Waals surface area contributed by atoms with Crippen LogP contribution in [0.2, 0.25) is 0 Å². The van der Waals surface area contributed by atoms with Gasteiger partial charge in [0.05, 0.1) is 12.7 Å². The lowest BCUT2D eigenvalue weighted by molar-refractivity contribution is 0.0410. The van der Waals surface area contributed by atoms with Gasteiger partial charge in [-0.1, -0.05) is 56.1 Å². The maximum Gasteiger partial charge on any atom is 0.0954 e. The van der Waals surface area contributed by atoms with Crippen molar-refractivity contribution in [1.82, 2.24) is 5.32 Å². The number of hydrogen-bond donors (Lipinski definition) is 1. The first-order chi connectivity index (χ1) is 9.69. The van der Waals surface area contributed by atoms with Gasteiger partial charge >= 0.3 is 0 Å². The second-order valence-electron chi connectivity index (χ2n) is 4.54. The highest BCUT2D eigenvalue weighted by atomic mass is 79.9. The molecular weight excluding hydrogens is 382 g/mol. The van der Waals surface area contributed by atoms with Crippen molar-refractivity contribution < 1.29 is 4.74 Å². The minimum absolute atomic E-state index is 0.0384. The number of ether oxygens (including phenoxy) is 1. The van der Waals surface area contributed by atoms with E-state index in [0.717, 1.165) is 21.1 Å². The molecule has 20 heavy (non-hydrogen) atoms. The second-order valence-corrected chi connectivity index (χ2v) is 6.37. The first-order valence-corrected chi connectivity index (χ1v) is 8.04. The molecule has 106 valence electrons. The molecule has 2 aromatic carbocycles. The number of hydrogen-bond acceptors (Lipinski definition) is 2. The molecule has 2 nitrogen and oxygen atoms in total. The molecule has 0 saturated heterocycles. The van der Waals surface area contributed by atoms with Crippen LogP contribution in [0, 0.1) is 0 Å². The van der Waals surface area contributed by atoms with Crippen LogP contribution in [0.1, 0.15) is 17.2 Å². The van der Waals surface area contributed by atoms with Crippen LogP contribution in [0.15, 0.2) is 57.5 Å². The van der Waals surface area contributed by atoms with Gasteiger partial charge in [-0.25, -0.2) is 0 Å². The lowest BCUT2D eigenvalue weighted by Gasteiger charge is -2.18. The van der Waals surface area contributed by atoms with E-state index in [4.69, 9.17) is 4.74 Å². The van der Waals surface area contributed by atoms with Gasteiger partial charge in [0.15, 0.2) is 0 Å². The molecule has 0 saturated carbocycles. The van der Waals surface area contributed by atoms with Crippen LogP contribution in [0.4, 0.5) is 0 Å². The maximum atomic E-state index is 6.06. The Balaban J connectivity index is 2.06. The zero-order valence-corrected chi connectivity index (χ0v) is 14.4. The van der Waals surface area contributed by atoms with Crippen molar-refractivity contribution in [2.45, 2.75) is 12.7 Å². The minimum atomic E-state index is 0.0384. The third-order valence-electron chi connectivity index (χ3n) is 2.95. The number of rotatable bonds is 6. The Bertz CT molecular complexity index is 560. The summed E-state index contributed by atoms with van der Waals surface area (Å²) < 4.78 is 8.21. The molecule has 0 aliphatic rings. The summed E-state index contributed by atoms with van der Waals surface area (Å²) in [5.41, 5.74) is 2.33. The molecule has 0 aromatic heterocycles. The van der Waals surface area contributed by atoms with Crippen LogP contribution >= 0.6 is 31.9 Å². The lowest BCUT2D eigenvalue weighted by Crippen LogP contribution is -2.19. The quantitative estimate of drug-likeness (QED) is 0.762. The molecule has 0 heterocycles. The SMILES string of the molecule is CNCC(OCc1cccc(Br)c1)c1cccc(Br)c1. The predicted octanol–water partition coefficient (Wildman–Crippen LogP) is 4.69. The summed E-state index contributed by atoms with van der Waals surface area (Å²) in [4.78, 5) is 0. The van der Waals surface area contributed by atoms with E-state index in [1.54, 1.807) is 0 Å². The van der Waals surface area contributed by atoms with Crippen molar-refractivity contribution in [1.29, 1.82) is 0 Å². The van der Waals surface area contributed by atoms with Crippen molar-refractivity contribution in [3.63, 3.8) is 0 Å². The predicted molar refractivity (Wildman–Crippen MR) is 89.7 cm³/mol. The van der Waals surface area contributed by atoms with Crippen LogP contribution in [0.25, 0.3) is 0 Å². The fourth-order valence-electron chi connectivity index (χ4n) is 1.99. The summed E-state index contributed by atoms with van der Waals surface area (Å²) >= 11 is 6.99. The number of likely N-dealkylation sites (N-methyl/N-ethyl adjacent to an activating group) is 1. The first-order valence-electron chi connectivity index (χ1n) is 6.45. The third-order valence-corrected chi connectivity index (χ3v) is 3.94. The van der Waals surface area contributed by atoms with Crippen molar-refractivity contribution in [3.8, 4) is 0 Å². The maximum absolute atomic E-state index is 6.06. The minimum Gasteiger partial charge on any atom is -0.368 e. The average Bonchev–Trinajstić information content (AvgIpc) is 2.43. The van der Waals surface area contributed by atoms with E-state index >= 15 is 0 Å². The highest BCUT2D eigenvalue weighted by Crippen LogP contribution is 2.22. The first kappa shape index (κ1) is 15.7. The Morgan fingerprint density at radius 2 is 1.75 bits per heavy atom.